The average molecular weight is 695 g/mol. The van der Waals surface area contributed by atoms with Crippen LogP contribution in [0.25, 0.3) is 75.8 Å². The van der Waals surface area contributed by atoms with E-state index in [-0.39, 0.29) is 0 Å². The van der Waals surface area contributed by atoms with Crippen LogP contribution in [0.5, 0.6) is 0 Å². The van der Waals surface area contributed by atoms with Gasteiger partial charge in [-0.15, -0.1) is 11.3 Å². The Balaban J connectivity index is 1.22. The second kappa shape index (κ2) is 12.1. The molecule has 0 unspecified atom stereocenters. The molecule has 3 heteroatoms. The van der Waals surface area contributed by atoms with Gasteiger partial charge in [0.25, 0.3) is 0 Å². The summed E-state index contributed by atoms with van der Waals surface area (Å²) in [5.74, 6) is 0. The Bertz CT molecular complexity index is 2850. The number of fused-ring (bicyclic) bond motifs is 12. The molecule has 53 heavy (non-hydrogen) atoms. The summed E-state index contributed by atoms with van der Waals surface area (Å²) < 4.78 is 2.66. The minimum absolute atomic E-state index is 0.884. The molecule has 2 heterocycles. The largest absolute Gasteiger partial charge is 0.338 e. The number of hydrogen-bond donors (Lipinski definition) is 0. The van der Waals surface area contributed by atoms with Gasteiger partial charge in [-0.1, -0.05) is 140 Å². The first kappa shape index (κ1) is 30.2. The van der Waals surface area contributed by atoms with E-state index in [2.05, 4.69) is 192 Å². The van der Waals surface area contributed by atoms with Gasteiger partial charge in [0.05, 0.1) is 11.4 Å². The van der Waals surface area contributed by atoms with Gasteiger partial charge in [0.1, 0.15) is 0 Å². The van der Waals surface area contributed by atoms with Crippen molar-refractivity contribution < 1.29 is 0 Å². The minimum Gasteiger partial charge on any atom is -0.338 e. The van der Waals surface area contributed by atoms with E-state index in [0.717, 1.165) is 13.1 Å². The number of hydrogen-bond acceptors (Lipinski definition) is 3. The lowest BCUT2D eigenvalue weighted by molar-refractivity contribution is 0.850. The Morgan fingerprint density at radius 1 is 0.340 bits per heavy atom. The van der Waals surface area contributed by atoms with E-state index in [4.69, 9.17) is 0 Å². The Labute approximate surface area is 313 Å². The van der Waals surface area contributed by atoms with Gasteiger partial charge in [-0.3, -0.25) is 0 Å². The molecule has 1 aromatic heterocycles. The van der Waals surface area contributed by atoms with Gasteiger partial charge < -0.3 is 9.80 Å². The highest BCUT2D eigenvalue weighted by atomic mass is 32.1. The first-order valence-electron chi connectivity index (χ1n) is 18.4. The predicted molar refractivity (Wildman–Crippen MR) is 227 cm³/mol. The lowest BCUT2D eigenvalue weighted by Gasteiger charge is -2.40. The normalized spacial score (nSPS) is 13.1. The maximum atomic E-state index is 2.50. The Kier molecular flexibility index (Phi) is 6.89. The van der Waals surface area contributed by atoms with Gasteiger partial charge in [-0.25, -0.2) is 0 Å². The molecule has 11 rings (SSSR count). The van der Waals surface area contributed by atoms with Gasteiger partial charge >= 0.3 is 0 Å². The van der Waals surface area contributed by atoms with Crippen molar-refractivity contribution in [2.24, 2.45) is 0 Å². The first-order chi connectivity index (χ1) is 26.3. The van der Waals surface area contributed by atoms with Gasteiger partial charge in [-0.2, -0.15) is 0 Å². The van der Waals surface area contributed by atoms with E-state index < -0.39 is 0 Å². The lowest BCUT2D eigenvalue weighted by Crippen LogP contribution is -2.36. The van der Waals surface area contributed by atoms with Crippen molar-refractivity contribution in [2.75, 3.05) is 22.9 Å². The van der Waals surface area contributed by atoms with Crippen molar-refractivity contribution in [1.29, 1.82) is 0 Å². The van der Waals surface area contributed by atoms with Crippen molar-refractivity contribution in [3.63, 3.8) is 0 Å². The molecule has 8 aromatic carbocycles. The molecule has 0 radical (unpaired) electrons. The Morgan fingerprint density at radius 3 is 1.42 bits per heavy atom. The number of benzene rings is 8. The van der Waals surface area contributed by atoms with Crippen molar-refractivity contribution in [3.05, 3.63) is 182 Å². The van der Waals surface area contributed by atoms with Crippen LogP contribution in [-0.4, -0.2) is 13.1 Å². The van der Waals surface area contributed by atoms with Crippen molar-refractivity contribution in [2.45, 2.75) is 0 Å². The van der Waals surface area contributed by atoms with Crippen LogP contribution in [0, 0.1) is 0 Å². The molecule has 0 saturated heterocycles. The maximum absolute atomic E-state index is 2.50. The molecule has 0 spiro atoms. The van der Waals surface area contributed by atoms with Gasteiger partial charge in [0, 0.05) is 50.2 Å². The van der Waals surface area contributed by atoms with Crippen LogP contribution in [-0.2, 0) is 0 Å². The fourth-order valence-electron chi connectivity index (χ4n) is 8.79. The highest BCUT2D eigenvalue weighted by Crippen LogP contribution is 2.55. The smallest absolute Gasteiger partial charge is 0.0659 e. The summed E-state index contributed by atoms with van der Waals surface area (Å²) in [7, 11) is 0. The third-order valence-electron chi connectivity index (χ3n) is 11.1. The van der Waals surface area contributed by atoms with E-state index in [1.165, 1.54) is 98.6 Å². The van der Waals surface area contributed by atoms with E-state index in [1.807, 2.05) is 11.3 Å². The second-order valence-electron chi connectivity index (χ2n) is 14.0. The summed E-state index contributed by atoms with van der Waals surface area (Å²) in [5, 5.41) is 2.64. The molecule has 1 aliphatic heterocycles. The van der Waals surface area contributed by atoms with Crippen molar-refractivity contribution >= 4 is 54.3 Å². The molecule has 9 aromatic rings. The number of thiophene rings is 1. The number of para-hydroxylation sites is 2. The molecule has 0 amide bonds. The summed E-state index contributed by atoms with van der Waals surface area (Å²) >= 11 is 1.90. The lowest BCUT2D eigenvalue weighted by atomic mass is 9.78. The van der Waals surface area contributed by atoms with Crippen LogP contribution in [0.3, 0.4) is 0 Å². The van der Waals surface area contributed by atoms with Crippen LogP contribution in [0.1, 0.15) is 0 Å². The summed E-state index contributed by atoms with van der Waals surface area (Å²) in [6.45, 7) is 1.77. The van der Waals surface area contributed by atoms with E-state index in [0.29, 0.717) is 0 Å². The molecule has 2 nitrogen and oxygen atoms in total. The van der Waals surface area contributed by atoms with Gasteiger partial charge in [-0.05, 0) is 92.5 Å². The van der Waals surface area contributed by atoms with Crippen molar-refractivity contribution in [1.82, 2.24) is 0 Å². The van der Waals surface area contributed by atoms with Crippen LogP contribution in [0.4, 0.5) is 22.7 Å². The molecule has 1 aliphatic carbocycles. The molecule has 0 N–H and O–H groups in total. The van der Waals surface area contributed by atoms with Gasteiger partial charge in [0.15, 0.2) is 0 Å². The topological polar surface area (TPSA) is 6.48 Å². The zero-order valence-electron chi connectivity index (χ0n) is 29.0. The van der Waals surface area contributed by atoms with Gasteiger partial charge in [0.2, 0.25) is 0 Å². The monoisotopic (exact) mass is 694 g/mol. The highest BCUT2D eigenvalue weighted by molar-refractivity contribution is 7.26. The third-order valence-corrected chi connectivity index (χ3v) is 12.4. The summed E-state index contributed by atoms with van der Waals surface area (Å²) in [4.78, 5) is 5.00. The maximum Gasteiger partial charge on any atom is 0.0659 e. The summed E-state index contributed by atoms with van der Waals surface area (Å²) in [6, 6.07) is 67.3. The standard InChI is InChI=1S/C50H34N2S/c1-3-15-33(16-4-1)51-29-30-52(34-17-5-2-6-18-34)47-32-45-37-21-9-10-23-39(37)49-40(35-19-7-8-20-36(35)44(45)31-46(47)51)24-13-25-41(49)43-27-14-26-42-38-22-11-12-28-48(38)53-50(42)43/h1-28,31-32H,29-30H2. The average Bonchev–Trinajstić information content (AvgIpc) is 3.62. The Hall–Kier alpha value is -6.42. The molecular weight excluding hydrogens is 661 g/mol. The zero-order chi connectivity index (χ0) is 34.9. The fraction of sp³-hybridized carbons (Fsp3) is 0.0400. The molecule has 0 atom stereocenters. The summed E-state index contributed by atoms with van der Waals surface area (Å²) in [5.41, 5.74) is 17.5. The molecule has 0 saturated carbocycles. The zero-order valence-corrected chi connectivity index (χ0v) is 29.9. The Morgan fingerprint density at radius 2 is 0.774 bits per heavy atom. The van der Waals surface area contributed by atoms with E-state index >= 15 is 0 Å². The quantitative estimate of drug-likeness (QED) is 0.182. The molecule has 0 bridgehead atoms. The van der Waals surface area contributed by atoms with Crippen LogP contribution < -0.4 is 9.80 Å². The minimum atomic E-state index is 0.884. The molecular formula is C50H34N2S. The number of nitrogens with zero attached hydrogens (tertiary/aromatic N) is 2. The number of anilines is 4. The van der Waals surface area contributed by atoms with Crippen molar-refractivity contribution in [3.8, 4) is 55.6 Å². The first-order valence-corrected chi connectivity index (χ1v) is 19.2. The second-order valence-corrected chi connectivity index (χ2v) is 15.0. The highest BCUT2D eigenvalue weighted by Gasteiger charge is 2.30. The predicted octanol–water partition coefficient (Wildman–Crippen LogP) is 14.0. The SMILES string of the molecule is c1ccc(N2CCN(c3ccccc3)c3cc4c(cc32)-c2ccccc2-c2cccc(-c3cccc5c3sc3ccccc35)c2-c2ccccc2-4)cc1. The summed E-state index contributed by atoms with van der Waals surface area (Å²) in [6.07, 6.45) is 0. The van der Waals surface area contributed by atoms with E-state index in [1.54, 1.807) is 0 Å². The van der Waals surface area contributed by atoms with Crippen LogP contribution >= 0.6 is 11.3 Å². The fourth-order valence-corrected chi connectivity index (χ4v) is 10.0. The van der Waals surface area contributed by atoms with E-state index in [9.17, 15) is 0 Å². The number of rotatable bonds is 3. The third kappa shape index (κ3) is 4.71. The molecule has 0 fully saturated rings. The molecule has 250 valence electrons. The molecule has 2 aliphatic rings. The van der Waals surface area contributed by atoms with Crippen LogP contribution in [0.15, 0.2) is 182 Å². The van der Waals surface area contributed by atoms with Crippen LogP contribution in [0.2, 0.25) is 0 Å².